The second kappa shape index (κ2) is 11.8. The molecule has 4 unspecified atom stereocenters. The molecule has 0 spiro atoms. The van der Waals surface area contributed by atoms with Gasteiger partial charge in [-0.3, -0.25) is 9.59 Å². The Labute approximate surface area is 213 Å². The van der Waals surface area contributed by atoms with Gasteiger partial charge < -0.3 is 29.9 Å². The van der Waals surface area contributed by atoms with E-state index in [1.807, 2.05) is 24.3 Å². The summed E-state index contributed by atoms with van der Waals surface area (Å²) in [6.07, 6.45) is 4.56. The van der Waals surface area contributed by atoms with Gasteiger partial charge in [-0.25, -0.2) is 0 Å². The van der Waals surface area contributed by atoms with Gasteiger partial charge in [0.15, 0.2) is 0 Å². The van der Waals surface area contributed by atoms with Crippen molar-refractivity contribution in [3.8, 4) is 5.75 Å². The number of nitrogens with zero attached hydrogens (tertiary/aromatic N) is 1. The topological polar surface area (TPSA) is 108 Å². The summed E-state index contributed by atoms with van der Waals surface area (Å²) >= 11 is 2.17. The average Bonchev–Trinajstić information content (AvgIpc) is 3.31. The van der Waals surface area contributed by atoms with Crippen LogP contribution in [0.2, 0.25) is 0 Å². The molecule has 34 heavy (non-hydrogen) atoms. The Kier molecular flexibility index (Phi) is 8.84. The van der Waals surface area contributed by atoms with E-state index in [-0.39, 0.29) is 43.4 Å². The molecular weight excluding hydrogens is 551 g/mol. The molecule has 1 saturated heterocycles. The Morgan fingerprint density at radius 1 is 1.21 bits per heavy atom. The number of ether oxygens (including phenoxy) is 2. The van der Waals surface area contributed by atoms with E-state index in [9.17, 15) is 14.7 Å². The highest BCUT2D eigenvalue weighted by Crippen LogP contribution is 2.34. The summed E-state index contributed by atoms with van der Waals surface area (Å²) in [7, 11) is 0. The quantitative estimate of drug-likeness (QED) is 0.384. The van der Waals surface area contributed by atoms with Crippen LogP contribution in [0.15, 0.2) is 35.9 Å². The van der Waals surface area contributed by atoms with Crippen molar-refractivity contribution in [2.45, 2.75) is 62.9 Å². The van der Waals surface area contributed by atoms with E-state index in [1.54, 1.807) is 11.0 Å². The minimum Gasteiger partial charge on any atom is -0.482 e. The van der Waals surface area contributed by atoms with Gasteiger partial charge in [0, 0.05) is 37.6 Å². The highest BCUT2D eigenvalue weighted by atomic mass is 127. The predicted molar refractivity (Wildman–Crippen MR) is 134 cm³/mol. The van der Waals surface area contributed by atoms with Crippen molar-refractivity contribution in [3.63, 3.8) is 0 Å². The van der Waals surface area contributed by atoms with Crippen LogP contribution < -0.4 is 10.1 Å². The predicted octanol–water partition coefficient (Wildman–Crippen LogP) is 2.01. The maximum Gasteiger partial charge on any atom is 0.247 e. The SMILES string of the molecule is O=C(NCCO)C1=CC(Oc2ccccc2I)C(O)C(N(CC2CCCO2)C(=O)C2CCC2)C1. The number of carbonyl (C=O) groups excluding carboxylic acids is 2. The third kappa shape index (κ3) is 5.92. The number of nitrogens with one attached hydrogen (secondary N) is 1. The number of aliphatic hydroxyl groups excluding tert-OH is 2. The molecule has 9 heteroatoms. The second-order valence-electron chi connectivity index (χ2n) is 9.20. The minimum atomic E-state index is -1.00. The number of benzene rings is 1. The summed E-state index contributed by atoms with van der Waals surface area (Å²) in [5, 5.41) is 23.3. The van der Waals surface area contributed by atoms with Crippen molar-refractivity contribution >= 4 is 34.4 Å². The van der Waals surface area contributed by atoms with Crippen molar-refractivity contribution in [2.75, 3.05) is 26.3 Å². The Balaban J connectivity index is 1.62. The molecule has 186 valence electrons. The van der Waals surface area contributed by atoms with Crippen molar-refractivity contribution in [2.24, 2.45) is 5.92 Å². The molecule has 2 amide bonds. The monoisotopic (exact) mass is 584 g/mol. The summed E-state index contributed by atoms with van der Waals surface area (Å²) < 4.78 is 12.9. The first-order chi connectivity index (χ1) is 16.5. The van der Waals surface area contributed by atoms with E-state index in [0.717, 1.165) is 35.7 Å². The van der Waals surface area contributed by atoms with Crippen LogP contribution in [0.3, 0.4) is 0 Å². The van der Waals surface area contributed by atoms with Gasteiger partial charge >= 0.3 is 0 Å². The lowest BCUT2D eigenvalue weighted by molar-refractivity contribution is -0.147. The Morgan fingerprint density at radius 3 is 2.65 bits per heavy atom. The van der Waals surface area contributed by atoms with Crippen LogP contribution in [0.1, 0.15) is 38.5 Å². The largest absolute Gasteiger partial charge is 0.482 e. The van der Waals surface area contributed by atoms with Crippen molar-refractivity contribution < 1.29 is 29.3 Å². The molecule has 4 atom stereocenters. The first-order valence-electron chi connectivity index (χ1n) is 12.1. The normalized spacial score (nSPS) is 27.0. The summed E-state index contributed by atoms with van der Waals surface area (Å²) in [6, 6.07) is 6.88. The third-order valence-corrected chi connectivity index (χ3v) is 7.77. The van der Waals surface area contributed by atoms with Crippen LogP contribution in [0.4, 0.5) is 0 Å². The van der Waals surface area contributed by atoms with E-state index < -0.39 is 18.2 Å². The van der Waals surface area contributed by atoms with Crippen LogP contribution in [0.5, 0.6) is 5.75 Å². The Bertz CT molecular complexity index is 899. The van der Waals surface area contributed by atoms with Crippen molar-refractivity contribution in [1.82, 2.24) is 10.2 Å². The molecular formula is C25H33IN2O6. The van der Waals surface area contributed by atoms with Gasteiger partial charge in [-0.1, -0.05) is 18.6 Å². The molecule has 0 bridgehead atoms. The fourth-order valence-corrected chi connectivity index (χ4v) is 5.27. The zero-order valence-electron chi connectivity index (χ0n) is 19.2. The minimum absolute atomic E-state index is 0.0239. The number of aliphatic hydroxyl groups is 2. The number of halogens is 1. The Morgan fingerprint density at radius 2 is 2.00 bits per heavy atom. The maximum absolute atomic E-state index is 13.5. The van der Waals surface area contributed by atoms with Crippen LogP contribution in [-0.4, -0.2) is 77.6 Å². The van der Waals surface area contributed by atoms with Gasteiger partial charge in [0.2, 0.25) is 11.8 Å². The van der Waals surface area contributed by atoms with Crippen LogP contribution in [0, 0.1) is 9.49 Å². The molecule has 2 aliphatic carbocycles. The molecule has 4 rings (SSSR count). The number of amides is 2. The van der Waals surface area contributed by atoms with Gasteiger partial charge in [0.25, 0.3) is 0 Å². The molecule has 3 aliphatic rings. The first kappa shape index (κ1) is 25.4. The fourth-order valence-electron chi connectivity index (χ4n) is 4.75. The summed E-state index contributed by atoms with van der Waals surface area (Å²) in [5.74, 6) is 0.266. The smallest absolute Gasteiger partial charge is 0.247 e. The molecule has 0 radical (unpaired) electrons. The lowest BCUT2D eigenvalue weighted by Crippen LogP contribution is -2.58. The number of para-hydroxylation sites is 1. The summed E-state index contributed by atoms with van der Waals surface area (Å²) in [4.78, 5) is 28.1. The summed E-state index contributed by atoms with van der Waals surface area (Å²) in [5.41, 5.74) is 0.443. The van der Waals surface area contributed by atoms with E-state index in [2.05, 4.69) is 27.9 Å². The lowest BCUT2D eigenvalue weighted by atomic mass is 9.82. The molecule has 1 saturated carbocycles. The van der Waals surface area contributed by atoms with Crippen LogP contribution in [-0.2, 0) is 14.3 Å². The van der Waals surface area contributed by atoms with Gasteiger partial charge in [-0.05, 0) is 66.5 Å². The van der Waals surface area contributed by atoms with Crippen LogP contribution in [0.25, 0.3) is 0 Å². The first-order valence-corrected chi connectivity index (χ1v) is 13.2. The molecule has 1 aromatic carbocycles. The Hall–Kier alpha value is -1.69. The molecule has 2 fully saturated rings. The number of carbonyl (C=O) groups is 2. The number of hydrogen-bond donors (Lipinski definition) is 3. The summed E-state index contributed by atoms with van der Waals surface area (Å²) in [6.45, 7) is 1.04. The van der Waals surface area contributed by atoms with Gasteiger partial charge in [-0.2, -0.15) is 0 Å². The molecule has 1 aliphatic heterocycles. The molecule has 1 heterocycles. The average molecular weight is 584 g/mol. The lowest BCUT2D eigenvalue weighted by Gasteiger charge is -2.43. The van der Waals surface area contributed by atoms with Crippen molar-refractivity contribution in [1.29, 1.82) is 0 Å². The van der Waals surface area contributed by atoms with Crippen molar-refractivity contribution in [3.05, 3.63) is 39.5 Å². The van der Waals surface area contributed by atoms with Crippen LogP contribution >= 0.6 is 22.6 Å². The van der Waals surface area contributed by atoms with Gasteiger partial charge in [-0.15, -0.1) is 0 Å². The zero-order valence-corrected chi connectivity index (χ0v) is 21.4. The third-order valence-electron chi connectivity index (χ3n) is 6.88. The van der Waals surface area contributed by atoms with E-state index >= 15 is 0 Å². The molecule has 3 N–H and O–H groups in total. The zero-order chi connectivity index (χ0) is 24.1. The van der Waals surface area contributed by atoms with E-state index in [0.29, 0.717) is 24.5 Å². The second-order valence-corrected chi connectivity index (χ2v) is 10.4. The fraction of sp³-hybridized carbons (Fsp3) is 0.600. The highest BCUT2D eigenvalue weighted by molar-refractivity contribution is 14.1. The molecule has 1 aromatic rings. The van der Waals surface area contributed by atoms with Gasteiger partial charge in [0.05, 0.1) is 22.3 Å². The van der Waals surface area contributed by atoms with E-state index in [4.69, 9.17) is 14.6 Å². The molecule has 8 nitrogen and oxygen atoms in total. The number of hydrogen-bond acceptors (Lipinski definition) is 6. The highest BCUT2D eigenvalue weighted by Gasteiger charge is 2.43. The standard InChI is InChI=1S/C25H33IN2O6/c26-19-8-1-2-9-21(19)34-22-14-17(24(31)27-10-11-29)13-20(23(22)30)28(15-18-7-4-12-33-18)25(32)16-5-3-6-16/h1-2,8-9,14,16,18,20,22-23,29-30H,3-7,10-13,15H2,(H,27,31). The molecule has 0 aromatic heterocycles. The van der Waals surface area contributed by atoms with Gasteiger partial charge in [0.1, 0.15) is 18.0 Å². The van der Waals surface area contributed by atoms with E-state index in [1.165, 1.54) is 0 Å². The maximum atomic E-state index is 13.5. The number of rotatable bonds is 9.